The van der Waals surface area contributed by atoms with Gasteiger partial charge in [-0.2, -0.15) is 0 Å². The second kappa shape index (κ2) is 9.60. The highest BCUT2D eigenvalue weighted by atomic mass is 19.4. The summed E-state index contributed by atoms with van der Waals surface area (Å²) < 4.78 is 54.9. The lowest BCUT2D eigenvalue weighted by Gasteiger charge is -2.49. The lowest BCUT2D eigenvalue weighted by atomic mass is 9.57. The normalized spacial score (nSPS) is 25.1. The molecule has 1 heterocycles. The predicted octanol–water partition coefficient (Wildman–Crippen LogP) is 4.12. The van der Waals surface area contributed by atoms with Gasteiger partial charge in [0, 0.05) is 17.1 Å². The Kier molecular flexibility index (Phi) is 6.35. The molecule has 0 amide bonds. The number of hydrogen-bond donors (Lipinski definition) is 3. The van der Waals surface area contributed by atoms with Gasteiger partial charge >= 0.3 is 6.36 Å². The Morgan fingerprint density at radius 3 is 2.45 bits per heavy atom. The van der Waals surface area contributed by atoms with E-state index in [0.29, 0.717) is 0 Å². The third-order valence-corrected chi connectivity index (χ3v) is 8.18. The van der Waals surface area contributed by atoms with Crippen molar-refractivity contribution in [2.45, 2.75) is 37.5 Å². The van der Waals surface area contributed by atoms with Gasteiger partial charge in [0.25, 0.3) is 5.88 Å². The fourth-order valence-corrected chi connectivity index (χ4v) is 6.44. The number of ketones is 2. The molecule has 1 aromatic heterocycles. The molecule has 0 unspecified atom stereocenters. The number of benzene rings is 2. The number of aliphatic hydroxyl groups is 2. The second-order valence-corrected chi connectivity index (χ2v) is 10.8. The summed E-state index contributed by atoms with van der Waals surface area (Å²) in [6, 6.07) is 9.96. The monoisotopic (exact) mass is 586 g/mol. The van der Waals surface area contributed by atoms with Crippen LogP contribution in [0, 0.1) is 11.8 Å². The minimum absolute atomic E-state index is 0.0158. The van der Waals surface area contributed by atoms with Gasteiger partial charge in [0.05, 0.1) is 11.6 Å². The van der Waals surface area contributed by atoms with Gasteiger partial charge in [0.15, 0.2) is 11.4 Å². The average molecular weight is 587 g/mol. The first-order valence-electron chi connectivity index (χ1n) is 13.0. The van der Waals surface area contributed by atoms with E-state index in [1.807, 2.05) is 6.07 Å². The summed E-state index contributed by atoms with van der Waals surface area (Å²) in [6.07, 6.45) is -5.39. The number of phenolic OH excluding ortho intramolecular Hbond substituents is 1. The number of ether oxygens (including phenoxy) is 2. The lowest BCUT2D eigenvalue weighted by molar-refractivity contribution is -0.275. The zero-order valence-corrected chi connectivity index (χ0v) is 22.3. The summed E-state index contributed by atoms with van der Waals surface area (Å²) in [5.41, 5.74) is -3.08. The van der Waals surface area contributed by atoms with Crippen molar-refractivity contribution in [2.24, 2.45) is 11.8 Å². The molecule has 3 aromatic rings. The van der Waals surface area contributed by atoms with Gasteiger partial charge in [-0.1, -0.05) is 30.3 Å². The molecule has 4 atom stereocenters. The molecule has 3 N–H and O–H groups in total. The Hall–Kier alpha value is -4.36. The Morgan fingerprint density at radius 2 is 1.79 bits per heavy atom. The van der Waals surface area contributed by atoms with Gasteiger partial charge in [0.1, 0.15) is 29.4 Å². The number of aromatic hydroxyl groups is 1. The molecule has 13 heteroatoms. The Balaban J connectivity index is 1.45. The molecule has 3 aliphatic rings. The summed E-state index contributed by atoms with van der Waals surface area (Å²) in [5.74, 6) is -6.39. The highest BCUT2D eigenvalue weighted by molar-refractivity contribution is 6.26. The van der Waals surface area contributed by atoms with Gasteiger partial charge in [-0.05, 0) is 55.7 Å². The van der Waals surface area contributed by atoms with Crippen molar-refractivity contribution >= 4 is 17.3 Å². The molecular weight excluding hydrogens is 561 g/mol. The van der Waals surface area contributed by atoms with Crippen LogP contribution < -0.4 is 9.47 Å². The minimum atomic E-state index is -5.05. The first-order chi connectivity index (χ1) is 19.8. The number of carbonyl (C=O) groups is 2. The van der Waals surface area contributed by atoms with Crippen molar-refractivity contribution < 1.29 is 52.1 Å². The van der Waals surface area contributed by atoms with Crippen LogP contribution >= 0.6 is 0 Å². The smallest absolute Gasteiger partial charge is 0.507 e. The number of phenols is 1. The topological polar surface area (TPSA) is 143 Å². The predicted molar refractivity (Wildman–Crippen MR) is 138 cm³/mol. The maximum Gasteiger partial charge on any atom is 0.573 e. The number of fused-ring (bicyclic) bond motifs is 4. The van der Waals surface area contributed by atoms with E-state index in [-0.39, 0.29) is 47.8 Å². The van der Waals surface area contributed by atoms with Gasteiger partial charge < -0.3 is 29.3 Å². The summed E-state index contributed by atoms with van der Waals surface area (Å²) in [6.45, 7) is 0.0158. The molecule has 0 radical (unpaired) electrons. The molecule has 6 rings (SSSR count). The molecule has 220 valence electrons. The average Bonchev–Trinajstić information content (AvgIpc) is 3.34. The molecule has 10 nitrogen and oxygen atoms in total. The number of Topliss-reactive ketones (excluding diaryl/α,β-unsaturated/α-hetero) is 2. The summed E-state index contributed by atoms with van der Waals surface area (Å²) in [5, 5.41) is 37.5. The van der Waals surface area contributed by atoms with Crippen molar-refractivity contribution in [3.05, 3.63) is 76.1 Å². The number of aromatic nitrogens is 1. The Bertz CT molecular complexity index is 1630. The molecule has 0 spiro atoms. The Labute approximate surface area is 236 Å². The van der Waals surface area contributed by atoms with E-state index in [2.05, 4.69) is 9.89 Å². The number of aliphatic hydroxyl groups excluding tert-OH is 1. The first kappa shape index (κ1) is 27.8. The molecule has 0 aliphatic heterocycles. The van der Waals surface area contributed by atoms with E-state index >= 15 is 0 Å². The number of alkyl halides is 3. The van der Waals surface area contributed by atoms with E-state index < -0.39 is 64.2 Å². The van der Waals surface area contributed by atoms with Crippen LogP contribution in [-0.4, -0.2) is 63.0 Å². The van der Waals surface area contributed by atoms with E-state index in [1.54, 1.807) is 43.3 Å². The maximum absolute atomic E-state index is 14.1. The number of halogens is 3. The minimum Gasteiger partial charge on any atom is -0.507 e. The fourth-order valence-electron chi connectivity index (χ4n) is 6.44. The van der Waals surface area contributed by atoms with Crippen LogP contribution in [0.4, 0.5) is 13.2 Å². The third-order valence-electron chi connectivity index (χ3n) is 8.18. The second-order valence-electron chi connectivity index (χ2n) is 10.8. The van der Waals surface area contributed by atoms with Crippen molar-refractivity contribution in [3.63, 3.8) is 0 Å². The zero-order valence-electron chi connectivity index (χ0n) is 22.3. The van der Waals surface area contributed by atoms with Crippen molar-refractivity contribution in [1.82, 2.24) is 10.1 Å². The van der Waals surface area contributed by atoms with Crippen LogP contribution in [0.5, 0.6) is 17.4 Å². The molecule has 2 aromatic carbocycles. The van der Waals surface area contributed by atoms with E-state index in [9.17, 15) is 38.1 Å². The number of hydrogen-bond acceptors (Lipinski definition) is 10. The van der Waals surface area contributed by atoms with Gasteiger partial charge in [-0.25, -0.2) is 0 Å². The van der Waals surface area contributed by atoms with Gasteiger partial charge in [-0.3, -0.25) is 14.5 Å². The van der Waals surface area contributed by atoms with Crippen LogP contribution in [0.3, 0.4) is 0 Å². The number of nitrogens with zero attached hydrogens (tertiary/aromatic N) is 2. The van der Waals surface area contributed by atoms with E-state index in [4.69, 9.17) is 9.26 Å². The lowest BCUT2D eigenvalue weighted by Crippen LogP contribution is -2.63. The Morgan fingerprint density at radius 1 is 1.07 bits per heavy atom. The number of rotatable bonds is 5. The molecule has 3 aliphatic carbocycles. The molecule has 1 fully saturated rings. The van der Waals surface area contributed by atoms with Crippen LogP contribution in [-0.2, 0) is 17.8 Å². The van der Waals surface area contributed by atoms with E-state index in [1.165, 1.54) is 0 Å². The summed E-state index contributed by atoms with van der Waals surface area (Å²) in [4.78, 5) is 29.7. The van der Waals surface area contributed by atoms with Crippen LogP contribution in [0.25, 0.3) is 5.76 Å². The van der Waals surface area contributed by atoms with Crippen molar-refractivity contribution in [2.75, 3.05) is 14.1 Å². The first-order valence-corrected chi connectivity index (χ1v) is 13.0. The van der Waals surface area contributed by atoms with Gasteiger partial charge in [-0.15, -0.1) is 13.2 Å². The molecule has 1 saturated carbocycles. The van der Waals surface area contributed by atoms with Crippen molar-refractivity contribution in [1.29, 1.82) is 0 Å². The van der Waals surface area contributed by atoms with Crippen LogP contribution in [0.1, 0.15) is 45.3 Å². The third kappa shape index (κ3) is 4.14. The molecule has 42 heavy (non-hydrogen) atoms. The fraction of sp³-hybridized carbons (Fsp3) is 0.345. The van der Waals surface area contributed by atoms with Gasteiger partial charge in [0.2, 0.25) is 11.6 Å². The highest BCUT2D eigenvalue weighted by Gasteiger charge is 2.65. The largest absolute Gasteiger partial charge is 0.573 e. The SMILES string of the molecule is CN(C)[C@@H]1c2onc(OCc3ccccc3)c2C(=O)[C@@]2(O)C(=O)C3=C(O)c4c(O)ccc(OC(F)(F)F)c4C[C@H]3C[C@@H]12. The zero-order chi connectivity index (χ0) is 30.1. The summed E-state index contributed by atoms with van der Waals surface area (Å²) >= 11 is 0. The van der Waals surface area contributed by atoms with Crippen LogP contribution in [0.15, 0.2) is 52.6 Å². The standard InChI is InChI=1S/C29H25F3N2O8/c1-34(2)22-16-11-14-10-15-18(41-29(30,31)32)9-8-17(35)20(15)23(36)19(14)25(37)28(16,39)26(38)21-24(22)42-33-27(21)40-12-13-6-4-3-5-7-13/h3-9,14,16,22,35-36,39H,10-12H2,1-2H3/t14-,16-,22-,28-/m0/s1. The molecular formula is C29H25F3N2O8. The van der Waals surface area contributed by atoms with E-state index in [0.717, 1.165) is 17.7 Å². The number of carbonyl (C=O) groups excluding carboxylic acids is 2. The summed E-state index contributed by atoms with van der Waals surface area (Å²) in [7, 11) is 3.29. The highest BCUT2D eigenvalue weighted by Crippen LogP contribution is 2.56. The quantitative estimate of drug-likeness (QED) is 0.374. The van der Waals surface area contributed by atoms with Crippen LogP contribution in [0.2, 0.25) is 0 Å². The van der Waals surface area contributed by atoms with Crippen molar-refractivity contribution in [3.8, 4) is 17.4 Å². The maximum atomic E-state index is 14.1. The molecule has 0 bridgehead atoms. The molecule has 0 saturated heterocycles.